The molecule has 3 aromatic rings. The Balaban J connectivity index is 0.979. The predicted octanol–water partition coefficient (Wildman–Crippen LogP) is 3.65. The number of aromatic nitrogens is 3. The molecule has 242 valence electrons. The molecule has 5 heterocycles. The van der Waals surface area contributed by atoms with Crippen LogP contribution in [0.5, 0.6) is 5.75 Å². The van der Waals surface area contributed by atoms with E-state index in [-0.39, 0.29) is 30.0 Å². The second-order valence-corrected chi connectivity index (χ2v) is 11.9. The van der Waals surface area contributed by atoms with Crippen LogP contribution in [0, 0.1) is 11.3 Å². The Morgan fingerprint density at radius 2 is 1.87 bits per heavy atom. The van der Waals surface area contributed by atoms with Crippen LogP contribution >= 0.6 is 0 Å². The molecule has 1 N–H and O–H groups in total. The second-order valence-electron chi connectivity index (χ2n) is 11.9. The van der Waals surface area contributed by atoms with Crippen LogP contribution < -0.4 is 15.0 Å². The maximum Gasteiger partial charge on any atom is 0.301 e. The smallest absolute Gasteiger partial charge is 0.301 e. The number of benzene rings is 2. The number of piperidine rings is 1. The van der Waals surface area contributed by atoms with Crippen molar-refractivity contribution >= 4 is 28.9 Å². The van der Waals surface area contributed by atoms with Gasteiger partial charge in [0.25, 0.3) is 5.91 Å². The first-order valence-electron chi connectivity index (χ1n) is 15.6. The summed E-state index contributed by atoms with van der Waals surface area (Å²) in [6.07, 6.45) is 3.31. The van der Waals surface area contributed by atoms with E-state index < -0.39 is 24.5 Å². The first-order valence-corrected chi connectivity index (χ1v) is 15.6. The number of aliphatic imine (C=N–C) groups is 1. The lowest BCUT2D eigenvalue weighted by atomic mass is 10.0. The van der Waals surface area contributed by atoms with Crippen LogP contribution in [0.2, 0.25) is 0 Å². The molecule has 1 amide bonds. The highest BCUT2D eigenvalue weighted by Gasteiger charge is 2.48. The van der Waals surface area contributed by atoms with Gasteiger partial charge >= 0.3 is 5.92 Å². The number of ether oxygens (including phenoxy) is 2. The Labute approximate surface area is 270 Å². The average Bonchev–Trinajstić information content (AvgIpc) is 3.61. The lowest BCUT2D eigenvalue weighted by Crippen LogP contribution is -2.56. The highest BCUT2D eigenvalue weighted by molar-refractivity contribution is 6.39. The molecule has 14 heteroatoms. The van der Waals surface area contributed by atoms with Crippen molar-refractivity contribution in [2.75, 3.05) is 62.7 Å². The van der Waals surface area contributed by atoms with Crippen LogP contribution in [0.3, 0.4) is 0 Å². The molecule has 4 aliphatic rings. The van der Waals surface area contributed by atoms with Gasteiger partial charge in [-0.05, 0) is 42.5 Å². The molecule has 7 rings (SSSR count). The van der Waals surface area contributed by atoms with E-state index in [9.17, 15) is 10.1 Å². The molecule has 1 atom stereocenters. The topological polar surface area (TPSA) is 132 Å². The Hall–Kier alpha value is -5.00. The van der Waals surface area contributed by atoms with E-state index in [1.54, 1.807) is 12.1 Å². The summed E-state index contributed by atoms with van der Waals surface area (Å²) in [4.78, 5) is 35.5. The van der Waals surface area contributed by atoms with E-state index in [1.807, 2.05) is 18.2 Å². The van der Waals surface area contributed by atoms with Gasteiger partial charge in [-0.15, -0.1) is 0 Å². The fourth-order valence-corrected chi connectivity index (χ4v) is 6.09. The van der Waals surface area contributed by atoms with Gasteiger partial charge in [0.15, 0.2) is 11.9 Å². The number of piperazine rings is 1. The number of carbonyl (C=O) groups is 1. The first-order chi connectivity index (χ1) is 22.9. The number of likely N-dealkylation sites (tertiary alicyclic amines) is 1. The van der Waals surface area contributed by atoms with Crippen molar-refractivity contribution in [3.63, 3.8) is 0 Å². The summed E-state index contributed by atoms with van der Waals surface area (Å²) in [6.45, 7) is 4.94. The van der Waals surface area contributed by atoms with E-state index in [4.69, 9.17) is 9.47 Å². The maximum atomic E-state index is 15.1. The van der Waals surface area contributed by atoms with Crippen molar-refractivity contribution in [1.29, 1.82) is 5.26 Å². The van der Waals surface area contributed by atoms with Gasteiger partial charge in [0.2, 0.25) is 5.95 Å². The maximum absolute atomic E-state index is 15.1. The number of nitriles is 1. The number of halogens is 2. The summed E-state index contributed by atoms with van der Waals surface area (Å²) in [5.74, 6) is -3.17. The van der Waals surface area contributed by atoms with Gasteiger partial charge in [0.1, 0.15) is 23.9 Å². The molecule has 2 aromatic carbocycles. The zero-order valence-corrected chi connectivity index (χ0v) is 25.6. The van der Waals surface area contributed by atoms with Gasteiger partial charge in [-0.1, -0.05) is 6.08 Å². The highest BCUT2D eigenvalue weighted by Crippen LogP contribution is 2.34. The number of allylic oxidation sites excluding steroid dienone is 1. The lowest BCUT2D eigenvalue weighted by Gasteiger charge is -2.43. The molecule has 47 heavy (non-hydrogen) atoms. The van der Waals surface area contributed by atoms with Gasteiger partial charge in [0.05, 0.1) is 31.4 Å². The summed E-state index contributed by atoms with van der Waals surface area (Å²) in [6, 6.07) is 15.3. The van der Waals surface area contributed by atoms with Gasteiger partial charge in [0, 0.05) is 68.7 Å². The Kier molecular flexibility index (Phi) is 8.48. The number of nitrogens with zero attached hydrogens (tertiary/aromatic N) is 8. The van der Waals surface area contributed by atoms with Crippen molar-refractivity contribution < 1.29 is 23.0 Å². The largest absolute Gasteiger partial charge is 0.483 e. The molecule has 3 fully saturated rings. The Morgan fingerprint density at radius 1 is 1.06 bits per heavy atom. The predicted molar refractivity (Wildman–Crippen MR) is 170 cm³/mol. The number of hydrogen-bond donors (Lipinski definition) is 1. The summed E-state index contributed by atoms with van der Waals surface area (Å²) in [5, 5.41) is 13.0. The standard InChI is InChI=1S/C33H33F2N9O3/c34-33(35)20-44(31(45)27-2-1-10-37-27)11-9-29(33)47-28-8-3-22(16-23(28)17-36)30-38-21-39-32(41-30)40-24-4-6-25(7-5-24)42-12-14-43(15-13-42)26-18-46-19-26/h1,3-8,10,16,21,26,29H,2,9,11-15,18-20H2,(H,38,39,40,41). The number of amides is 1. The number of anilines is 3. The summed E-state index contributed by atoms with van der Waals surface area (Å²) < 4.78 is 41.3. The average molecular weight is 642 g/mol. The fraction of sp³-hybridized carbons (Fsp3) is 0.394. The number of nitrogens with one attached hydrogen (secondary N) is 1. The fourth-order valence-electron chi connectivity index (χ4n) is 6.09. The van der Waals surface area contributed by atoms with Gasteiger partial charge in [-0.2, -0.15) is 10.2 Å². The van der Waals surface area contributed by atoms with Crippen LogP contribution in [0.15, 0.2) is 66.1 Å². The van der Waals surface area contributed by atoms with E-state index in [0.717, 1.165) is 55.7 Å². The number of hydrogen-bond acceptors (Lipinski definition) is 11. The number of carbonyl (C=O) groups excluding carboxylic acids is 1. The van der Waals surface area contributed by atoms with Crippen LogP contribution in [0.1, 0.15) is 18.4 Å². The lowest BCUT2D eigenvalue weighted by molar-refractivity contribution is -0.155. The van der Waals surface area contributed by atoms with Crippen LogP contribution in [0.4, 0.5) is 26.1 Å². The third-order valence-electron chi connectivity index (χ3n) is 8.85. The molecule has 12 nitrogen and oxygen atoms in total. The minimum atomic E-state index is -3.32. The molecule has 1 unspecified atom stereocenters. The molecular formula is C33H33F2N9O3. The summed E-state index contributed by atoms with van der Waals surface area (Å²) in [5.41, 5.74) is 2.77. The normalized spacial score (nSPS) is 21.1. The second kappa shape index (κ2) is 13.0. The molecule has 0 radical (unpaired) electrons. The molecular weight excluding hydrogens is 608 g/mol. The van der Waals surface area contributed by atoms with E-state index in [2.05, 4.69) is 47.2 Å². The Morgan fingerprint density at radius 3 is 2.55 bits per heavy atom. The molecule has 0 aliphatic carbocycles. The molecule has 0 spiro atoms. The zero-order chi connectivity index (χ0) is 32.4. The van der Waals surface area contributed by atoms with Crippen molar-refractivity contribution in [1.82, 2.24) is 24.8 Å². The molecule has 4 aliphatic heterocycles. The zero-order valence-electron chi connectivity index (χ0n) is 25.6. The SMILES string of the molecule is N#Cc1cc(-c2ncnc(Nc3ccc(N4CCN(C5COC5)CC4)cc3)n2)ccc1OC1CCN(C(=O)C2=NC=CC2)CC1(F)F. The molecule has 3 saturated heterocycles. The minimum absolute atomic E-state index is 0.0241. The van der Waals surface area contributed by atoms with E-state index >= 15 is 8.78 Å². The van der Waals surface area contributed by atoms with Gasteiger partial charge in [-0.25, -0.2) is 18.7 Å². The quantitative estimate of drug-likeness (QED) is 0.389. The first kappa shape index (κ1) is 30.6. The number of alkyl halides is 2. The number of rotatable bonds is 8. The van der Waals surface area contributed by atoms with E-state index in [0.29, 0.717) is 29.8 Å². The third-order valence-corrected chi connectivity index (χ3v) is 8.85. The van der Waals surface area contributed by atoms with Crippen molar-refractivity contribution in [2.24, 2.45) is 4.99 Å². The van der Waals surface area contributed by atoms with Gasteiger partial charge in [-0.3, -0.25) is 14.7 Å². The van der Waals surface area contributed by atoms with Crippen LogP contribution in [-0.2, 0) is 9.53 Å². The summed E-state index contributed by atoms with van der Waals surface area (Å²) in [7, 11) is 0. The Bertz CT molecular complexity index is 1730. The van der Waals surface area contributed by atoms with Gasteiger partial charge < -0.3 is 24.6 Å². The van der Waals surface area contributed by atoms with Crippen molar-refractivity contribution in [3.8, 4) is 23.2 Å². The third kappa shape index (κ3) is 6.63. The summed E-state index contributed by atoms with van der Waals surface area (Å²) >= 11 is 0. The monoisotopic (exact) mass is 641 g/mol. The van der Waals surface area contributed by atoms with E-state index in [1.165, 1.54) is 24.7 Å². The van der Waals surface area contributed by atoms with Crippen LogP contribution in [-0.4, -0.2) is 107 Å². The van der Waals surface area contributed by atoms with Crippen molar-refractivity contribution in [2.45, 2.75) is 30.9 Å². The molecule has 0 bridgehead atoms. The van der Waals surface area contributed by atoms with Crippen LogP contribution in [0.25, 0.3) is 11.4 Å². The van der Waals surface area contributed by atoms with Crippen molar-refractivity contribution in [3.05, 3.63) is 66.6 Å². The molecule has 0 saturated carbocycles. The highest BCUT2D eigenvalue weighted by atomic mass is 19.3. The molecule has 1 aromatic heterocycles. The minimum Gasteiger partial charge on any atom is -0.483 e.